The number of halogens is 1. The van der Waals surface area contributed by atoms with Crippen LogP contribution >= 0.6 is 34.7 Å². The van der Waals surface area contributed by atoms with Gasteiger partial charge in [-0.05, 0) is 42.8 Å². The lowest BCUT2D eigenvalue weighted by molar-refractivity contribution is -0.113. The van der Waals surface area contributed by atoms with E-state index in [9.17, 15) is 4.79 Å². The average Bonchev–Trinajstić information content (AvgIpc) is 3.19. The van der Waals surface area contributed by atoms with Crippen molar-refractivity contribution in [3.8, 4) is 22.1 Å². The molecular weight excluding hydrogens is 428 g/mol. The summed E-state index contributed by atoms with van der Waals surface area (Å²) in [4.78, 5) is 16.9. The van der Waals surface area contributed by atoms with Crippen molar-refractivity contribution in [1.82, 2.24) is 4.98 Å². The quantitative estimate of drug-likeness (QED) is 0.481. The summed E-state index contributed by atoms with van der Waals surface area (Å²) in [6, 6.07) is 11.2. The van der Waals surface area contributed by atoms with E-state index in [4.69, 9.17) is 21.1 Å². The predicted molar refractivity (Wildman–Crippen MR) is 122 cm³/mol. The maximum absolute atomic E-state index is 12.2. The Kier molecular flexibility index (Phi) is 7.41. The summed E-state index contributed by atoms with van der Waals surface area (Å²) in [5.74, 6) is 2.30. The normalized spacial score (nSPS) is 10.6. The average molecular weight is 449 g/mol. The van der Waals surface area contributed by atoms with Crippen molar-refractivity contribution in [3.05, 3.63) is 58.1 Å². The number of carbonyl (C=O) groups excluding carboxylic acids is 1. The minimum absolute atomic E-state index is 0.0595. The van der Waals surface area contributed by atoms with E-state index in [1.165, 1.54) is 11.8 Å². The first-order chi connectivity index (χ1) is 14.0. The van der Waals surface area contributed by atoms with Crippen molar-refractivity contribution in [2.24, 2.45) is 0 Å². The number of carbonyl (C=O) groups is 1. The van der Waals surface area contributed by atoms with Gasteiger partial charge >= 0.3 is 0 Å². The van der Waals surface area contributed by atoms with Crippen LogP contribution in [-0.2, 0) is 10.5 Å². The second-order valence-corrected chi connectivity index (χ2v) is 8.42. The SMILES string of the molecule is COc1ccc(-c2nc(CSCC(=O)Nc3cccc(Cl)c3C)cs2)cc1OC. The monoisotopic (exact) mass is 448 g/mol. The molecule has 29 heavy (non-hydrogen) atoms. The Morgan fingerprint density at radius 2 is 2.00 bits per heavy atom. The number of thioether (sulfide) groups is 1. The number of hydrogen-bond donors (Lipinski definition) is 1. The van der Waals surface area contributed by atoms with Gasteiger partial charge in [0, 0.05) is 27.4 Å². The summed E-state index contributed by atoms with van der Waals surface area (Å²) >= 11 is 9.18. The largest absolute Gasteiger partial charge is 0.493 e. The van der Waals surface area contributed by atoms with E-state index in [1.807, 2.05) is 42.6 Å². The first kappa shape index (κ1) is 21.5. The summed E-state index contributed by atoms with van der Waals surface area (Å²) in [6.45, 7) is 1.88. The molecule has 8 heteroatoms. The van der Waals surface area contributed by atoms with E-state index >= 15 is 0 Å². The molecular formula is C21H21ClN2O3S2. The van der Waals surface area contributed by atoms with E-state index in [-0.39, 0.29) is 5.91 Å². The predicted octanol–water partition coefficient (Wildman–Crippen LogP) is 5.66. The van der Waals surface area contributed by atoms with Crippen molar-refractivity contribution in [3.63, 3.8) is 0 Å². The molecule has 0 saturated carbocycles. The molecule has 5 nitrogen and oxygen atoms in total. The Morgan fingerprint density at radius 3 is 2.76 bits per heavy atom. The lowest BCUT2D eigenvalue weighted by Gasteiger charge is -2.09. The molecule has 1 amide bonds. The van der Waals surface area contributed by atoms with Crippen LogP contribution in [0.3, 0.4) is 0 Å². The lowest BCUT2D eigenvalue weighted by Crippen LogP contribution is -2.15. The van der Waals surface area contributed by atoms with Crippen molar-refractivity contribution in [2.45, 2.75) is 12.7 Å². The van der Waals surface area contributed by atoms with Crippen molar-refractivity contribution < 1.29 is 14.3 Å². The van der Waals surface area contributed by atoms with Crippen LogP contribution in [0, 0.1) is 6.92 Å². The molecule has 2 aromatic carbocycles. The standard InChI is InChI=1S/C21H21ClN2O3S2/c1-13-16(22)5-4-6-17(13)24-20(25)12-28-10-15-11-29-21(23-15)14-7-8-18(26-2)19(9-14)27-3/h4-9,11H,10,12H2,1-3H3,(H,24,25). The number of aromatic nitrogens is 1. The molecule has 0 unspecified atom stereocenters. The number of benzene rings is 2. The van der Waals surface area contributed by atoms with E-state index in [0.29, 0.717) is 28.0 Å². The summed E-state index contributed by atoms with van der Waals surface area (Å²) in [7, 11) is 3.22. The van der Waals surface area contributed by atoms with Crippen LogP contribution in [0.15, 0.2) is 41.8 Å². The Balaban J connectivity index is 1.55. The lowest BCUT2D eigenvalue weighted by atomic mass is 10.2. The highest BCUT2D eigenvalue weighted by Crippen LogP contribution is 2.34. The van der Waals surface area contributed by atoms with Crippen molar-refractivity contribution in [1.29, 1.82) is 0 Å². The highest BCUT2D eigenvalue weighted by Gasteiger charge is 2.11. The summed E-state index contributed by atoms with van der Waals surface area (Å²) in [5.41, 5.74) is 3.52. The molecule has 3 aromatic rings. The van der Waals surface area contributed by atoms with E-state index < -0.39 is 0 Å². The van der Waals surface area contributed by atoms with Crippen LogP contribution in [0.5, 0.6) is 11.5 Å². The third kappa shape index (κ3) is 5.44. The van der Waals surface area contributed by atoms with Gasteiger partial charge in [-0.15, -0.1) is 23.1 Å². The molecule has 0 atom stereocenters. The molecule has 3 rings (SSSR count). The maximum Gasteiger partial charge on any atom is 0.234 e. The van der Waals surface area contributed by atoms with Crippen molar-refractivity contribution in [2.75, 3.05) is 25.3 Å². The molecule has 0 spiro atoms. The Labute approximate surface area is 183 Å². The van der Waals surface area contributed by atoms with Gasteiger partial charge in [0.25, 0.3) is 0 Å². The van der Waals surface area contributed by atoms with Gasteiger partial charge in [0.05, 0.1) is 25.7 Å². The molecule has 0 radical (unpaired) electrons. The summed E-state index contributed by atoms with van der Waals surface area (Å²) in [5, 5.41) is 6.46. The van der Waals surface area contributed by atoms with E-state index in [2.05, 4.69) is 10.3 Å². The number of amides is 1. The molecule has 0 aliphatic heterocycles. The fourth-order valence-electron chi connectivity index (χ4n) is 2.65. The fourth-order valence-corrected chi connectivity index (χ4v) is 4.47. The molecule has 0 saturated heterocycles. The molecule has 1 N–H and O–H groups in total. The Bertz CT molecular complexity index is 1010. The smallest absolute Gasteiger partial charge is 0.234 e. The Morgan fingerprint density at radius 1 is 1.21 bits per heavy atom. The molecule has 152 valence electrons. The number of methoxy groups -OCH3 is 2. The second kappa shape index (κ2) is 10.0. The molecule has 0 bridgehead atoms. The minimum atomic E-state index is -0.0595. The van der Waals surface area contributed by atoms with Gasteiger partial charge in [-0.25, -0.2) is 4.98 Å². The van der Waals surface area contributed by atoms with E-state index in [1.54, 1.807) is 31.6 Å². The molecule has 0 aliphatic rings. The number of hydrogen-bond acceptors (Lipinski definition) is 6. The zero-order valence-corrected chi connectivity index (χ0v) is 18.7. The zero-order valence-electron chi connectivity index (χ0n) is 16.3. The number of nitrogens with zero attached hydrogens (tertiary/aromatic N) is 1. The molecule has 1 aromatic heterocycles. The van der Waals surface area contributed by atoms with Gasteiger partial charge in [0.15, 0.2) is 11.5 Å². The zero-order chi connectivity index (χ0) is 20.8. The van der Waals surface area contributed by atoms with Crippen LogP contribution < -0.4 is 14.8 Å². The minimum Gasteiger partial charge on any atom is -0.493 e. The number of thiazole rings is 1. The number of rotatable bonds is 8. The topological polar surface area (TPSA) is 60.5 Å². The highest BCUT2D eigenvalue weighted by molar-refractivity contribution is 7.99. The second-order valence-electron chi connectivity index (χ2n) is 6.17. The number of anilines is 1. The first-order valence-electron chi connectivity index (χ1n) is 8.81. The van der Waals surface area contributed by atoms with Gasteiger partial charge in [0.1, 0.15) is 5.01 Å². The summed E-state index contributed by atoms with van der Waals surface area (Å²) in [6.07, 6.45) is 0. The van der Waals surface area contributed by atoms with Crippen molar-refractivity contribution >= 4 is 46.3 Å². The van der Waals surface area contributed by atoms with Crippen LogP contribution in [0.1, 0.15) is 11.3 Å². The Hall–Kier alpha value is -2.22. The van der Waals surface area contributed by atoms with E-state index in [0.717, 1.165) is 27.5 Å². The number of ether oxygens (including phenoxy) is 2. The van der Waals surface area contributed by atoms with Gasteiger partial charge in [-0.1, -0.05) is 17.7 Å². The fraction of sp³-hybridized carbons (Fsp3) is 0.238. The van der Waals surface area contributed by atoms with Gasteiger partial charge in [0.2, 0.25) is 5.91 Å². The van der Waals surface area contributed by atoms with Gasteiger partial charge in [-0.2, -0.15) is 0 Å². The third-order valence-electron chi connectivity index (χ3n) is 4.21. The van der Waals surface area contributed by atoms with Crippen LogP contribution in [-0.4, -0.2) is 30.9 Å². The number of nitrogens with one attached hydrogen (secondary N) is 1. The van der Waals surface area contributed by atoms with Crippen LogP contribution in [0.2, 0.25) is 5.02 Å². The van der Waals surface area contributed by atoms with Gasteiger partial charge < -0.3 is 14.8 Å². The third-order valence-corrected chi connectivity index (χ3v) is 6.52. The van der Waals surface area contributed by atoms with Crippen LogP contribution in [0.25, 0.3) is 10.6 Å². The van der Waals surface area contributed by atoms with Crippen LogP contribution in [0.4, 0.5) is 5.69 Å². The summed E-state index contributed by atoms with van der Waals surface area (Å²) < 4.78 is 10.6. The maximum atomic E-state index is 12.2. The molecule has 0 fully saturated rings. The first-order valence-corrected chi connectivity index (χ1v) is 11.2. The highest BCUT2D eigenvalue weighted by atomic mass is 35.5. The molecule has 1 heterocycles. The molecule has 0 aliphatic carbocycles. The van der Waals surface area contributed by atoms with Gasteiger partial charge in [-0.3, -0.25) is 4.79 Å².